The van der Waals surface area contributed by atoms with E-state index in [1.165, 1.54) is 0 Å². The molecule has 0 aliphatic carbocycles. The molecule has 0 radical (unpaired) electrons. The van der Waals surface area contributed by atoms with Gasteiger partial charge in [0.25, 0.3) is 11.8 Å². The third-order valence-electron chi connectivity index (χ3n) is 5.60. The van der Waals surface area contributed by atoms with Crippen LogP contribution in [0.4, 0.5) is 0 Å². The van der Waals surface area contributed by atoms with Crippen LogP contribution in [0.2, 0.25) is 0 Å². The third-order valence-corrected chi connectivity index (χ3v) is 5.60. The lowest BCUT2D eigenvalue weighted by atomic mass is 10.0. The van der Waals surface area contributed by atoms with Gasteiger partial charge in [-0.2, -0.15) is 0 Å². The Morgan fingerprint density at radius 3 is 1.53 bits per heavy atom. The summed E-state index contributed by atoms with van der Waals surface area (Å²) in [6, 6.07) is 27.2. The van der Waals surface area contributed by atoms with Crippen LogP contribution in [0.5, 0.6) is 0 Å². The lowest BCUT2D eigenvalue weighted by Gasteiger charge is -2.43. The summed E-state index contributed by atoms with van der Waals surface area (Å²) in [5.74, 6) is -0.387. The number of hydrogen-bond donors (Lipinski definition) is 0. The predicted octanol–water partition coefficient (Wildman–Crippen LogP) is 6.31. The second kappa shape index (κ2) is 8.46. The molecule has 4 rings (SSSR count). The van der Waals surface area contributed by atoms with E-state index in [0.29, 0.717) is 17.7 Å². The zero-order valence-corrected chi connectivity index (χ0v) is 19.0. The zero-order chi connectivity index (χ0) is 22.9. The molecule has 4 nitrogen and oxygen atoms in total. The minimum absolute atomic E-state index is 0.192. The van der Waals surface area contributed by atoms with Crippen molar-refractivity contribution in [1.82, 2.24) is 10.0 Å². The van der Waals surface area contributed by atoms with Crippen molar-refractivity contribution in [3.05, 3.63) is 96.1 Å². The highest BCUT2D eigenvalue weighted by molar-refractivity contribution is 6.03. The monoisotopic (exact) mass is 424 g/mol. The Bertz CT molecular complexity index is 1300. The summed E-state index contributed by atoms with van der Waals surface area (Å²) in [4.78, 5) is 27.3. The van der Waals surface area contributed by atoms with Gasteiger partial charge in [-0.25, -0.2) is 10.0 Å². The number of hydrazine groups is 1. The summed E-state index contributed by atoms with van der Waals surface area (Å²) in [6.07, 6.45) is 0. The molecule has 0 spiro atoms. The molecule has 0 aliphatic heterocycles. The van der Waals surface area contributed by atoms with Crippen molar-refractivity contribution < 1.29 is 9.59 Å². The summed E-state index contributed by atoms with van der Waals surface area (Å²) in [7, 11) is 0. The summed E-state index contributed by atoms with van der Waals surface area (Å²) in [6.45, 7) is 8.11. The first-order valence-corrected chi connectivity index (χ1v) is 10.9. The van der Waals surface area contributed by atoms with Gasteiger partial charge in [0.05, 0.1) is 5.54 Å². The van der Waals surface area contributed by atoms with Gasteiger partial charge >= 0.3 is 0 Å². The average Bonchev–Trinajstić information content (AvgIpc) is 2.80. The summed E-state index contributed by atoms with van der Waals surface area (Å²) in [5, 5.41) is 7.29. The number of carbonyl (C=O) groups excluding carboxylic acids is 2. The van der Waals surface area contributed by atoms with Gasteiger partial charge in [-0.05, 0) is 73.5 Å². The maximum atomic E-state index is 13.7. The number of fused-ring (bicyclic) bond motifs is 2. The maximum Gasteiger partial charge on any atom is 0.272 e. The molecule has 0 aromatic heterocycles. The van der Waals surface area contributed by atoms with Crippen molar-refractivity contribution in [2.24, 2.45) is 0 Å². The standard InChI is InChI=1S/C28H28N2O2/c1-5-29(26(31)24-16-14-20-10-6-8-12-22(20)18-24)30(28(2,3)4)27(32)25-17-15-21-11-7-9-13-23(21)19-25/h6-19H,5H2,1-4H3. The van der Waals surface area contributed by atoms with Gasteiger partial charge in [-0.1, -0.05) is 60.7 Å². The van der Waals surface area contributed by atoms with E-state index in [1.54, 1.807) is 10.0 Å². The first-order chi connectivity index (χ1) is 15.3. The Kier molecular flexibility index (Phi) is 5.70. The van der Waals surface area contributed by atoms with E-state index in [0.717, 1.165) is 21.5 Å². The predicted molar refractivity (Wildman–Crippen MR) is 131 cm³/mol. The van der Waals surface area contributed by atoms with Gasteiger partial charge in [-0.15, -0.1) is 0 Å². The first kappa shape index (κ1) is 21.6. The molecule has 2 amide bonds. The molecule has 0 aliphatic rings. The number of benzene rings is 4. The van der Waals surface area contributed by atoms with E-state index >= 15 is 0 Å². The highest BCUT2D eigenvalue weighted by atomic mass is 16.2. The lowest BCUT2D eigenvalue weighted by Crippen LogP contribution is -2.58. The van der Waals surface area contributed by atoms with Gasteiger partial charge in [0, 0.05) is 17.7 Å². The first-order valence-electron chi connectivity index (χ1n) is 10.9. The molecule has 0 fully saturated rings. The van der Waals surface area contributed by atoms with Crippen LogP contribution in [0.15, 0.2) is 84.9 Å². The molecule has 0 saturated carbocycles. The number of amides is 2. The Hall–Kier alpha value is -3.66. The van der Waals surface area contributed by atoms with Crippen molar-refractivity contribution in [1.29, 1.82) is 0 Å². The van der Waals surface area contributed by atoms with Crippen molar-refractivity contribution >= 4 is 33.4 Å². The van der Waals surface area contributed by atoms with E-state index in [-0.39, 0.29) is 11.8 Å². The van der Waals surface area contributed by atoms with E-state index in [2.05, 4.69) is 0 Å². The van der Waals surface area contributed by atoms with Gasteiger partial charge < -0.3 is 0 Å². The molecule has 4 heteroatoms. The van der Waals surface area contributed by atoms with Crippen LogP contribution in [0.25, 0.3) is 21.5 Å². The van der Waals surface area contributed by atoms with Crippen LogP contribution in [-0.4, -0.2) is 33.9 Å². The minimum Gasteiger partial charge on any atom is -0.267 e. The molecular formula is C28H28N2O2. The molecule has 4 aromatic rings. The Balaban J connectivity index is 1.74. The second-order valence-corrected chi connectivity index (χ2v) is 8.93. The zero-order valence-electron chi connectivity index (χ0n) is 19.0. The number of hydrogen-bond acceptors (Lipinski definition) is 2. The second-order valence-electron chi connectivity index (χ2n) is 8.93. The van der Waals surface area contributed by atoms with Gasteiger partial charge in [0.2, 0.25) is 0 Å². The van der Waals surface area contributed by atoms with Crippen molar-refractivity contribution in [3.63, 3.8) is 0 Å². The molecule has 0 unspecified atom stereocenters. The fraction of sp³-hybridized carbons (Fsp3) is 0.214. The van der Waals surface area contributed by atoms with Crippen LogP contribution in [-0.2, 0) is 0 Å². The van der Waals surface area contributed by atoms with E-state index in [4.69, 9.17) is 0 Å². The van der Waals surface area contributed by atoms with Crippen molar-refractivity contribution in [2.75, 3.05) is 6.54 Å². The Morgan fingerprint density at radius 1 is 0.656 bits per heavy atom. The van der Waals surface area contributed by atoms with Crippen LogP contribution < -0.4 is 0 Å². The van der Waals surface area contributed by atoms with Crippen LogP contribution in [0.3, 0.4) is 0 Å². The van der Waals surface area contributed by atoms with Crippen LogP contribution in [0.1, 0.15) is 48.4 Å². The fourth-order valence-corrected chi connectivity index (χ4v) is 4.07. The van der Waals surface area contributed by atoms with Crippen LogP contribution >= 0.6 is 0 Å². The van der Waals surface area contributed by atoms with E-state index in [1.807, 2.05) is 113 Å². The molecule has 0 bridgehead atoms. The average molecular weight is 425 g/mol. The molecule has 162 valence electrons. The third kappa shape index (κ3) is 4.09. The summed E-state index contributed by atoms with van der Waals surface area (Å²) < 4.78 is 0. The molecule has 0 saturated heterocycles. The molecular weight excluding hydrogens is 396 g/mol. The Morgan fingerprint density at radius 2 is 1.09 bits per heavy atom. The molecule has 4 aromatic carbocycles. The number of carbonyl (C=O) groups is 2. The highest BCUT2D eigenvalue weighted by Crippen LogP contribution is 2.25. The Labute approximate surface area is 189 Å². The summed E-state index contributed by atoms with van der Waals surface area (Å²) >= 11 is 0. The topological polar surface area (TPSA) is 40.6 Å². The number of rotatable bonds is 3. The number of nitrogens with zero attached hydrogens (tertiary/aromatic N) is 2. The fourth-order valence-electron chi connectivity index (χ4n) is 4.07. The highest BCUT2D eigenvalue weighted by Gasteiger charge is 2.35. The van der Waals surface area contributed by atoms with E-state index < -0.39 is 5.54 Å². The van der Waals surface area contributed by atoms with Crippen LogP contribution in [0, 0.1) is 0 Å². The molecule has 0 heterocycles. The van der Waals surface area contributed by atoms with Crippen molar-refractivity contribution in [2.45, 2.75) is 33.2 Å². The lowest BCUT2D eigenvalue weighted by molar-refractivity contribution is -0.0410. The van der Waals surface area contributed by atoms with Gasteiger partial charge in [-0.3, -0.25) is 9.59 Å². The largest absolute Gasteiger partial charge is 0.272 e. The van der Waals surface area contributed by atoms with Gasteiger partial charge in [0.15, 0.2) is 0 Å². The molecule has 32 heavy (non-hydrogen) atoms. The SMILES string of the molecule is CCN(C(=O)c1ccc2ccccc2c1)N(C(=O)c1ccc2ccccc2c1)C(C)(C)C. The normalized spacial score (nSPS) is 11.5. The molecule has 0 N–H and O–H groups in total. The van der Waals surface area contributed by atoms with E-state index in [9.17, 15) is 9.59 Å². The summed E-state index contributed by atoms with van der Waals surface area (Å²) in [5.41, 5.74) is 0.528. The van der Waals surface area contributed by atoms with Gasteiger partial charge in [0.1, 0.15) is 0 Å². The maximum absolute atomic E-state index is 13.7. The minimum atomic E-state index is -0.592. The quantitative estimate of drug-likeness (QED) is 0.362. The van der Waals surface area contributed by atoms with Crippen molar-refractivity contribution in [3.8, 4) is 0 Å². The molecule has 0 atom stereocenters. The smallest absolute Gasteiger partial charge is 0.267 e.